The van der Waals surface area contributed by atoms with Crippen LogP contribution in [-0.4, -0.2) is 18.4 Å². The van der Waals surface area contributed by atoms with Gasteiger partial charge in [0.05, 0.1) is 0 Å². The van der Waals surface area contributed by atoms with Gasteiger partial charge in [0.2, 0.25) is 0 Å². The molecule has 0 aromatic heterocycles. The van der Waals surface area contributed by atoms with Gasteiger partial charge in [0.25, 0.3) is 0 Å². The van der Waals surface area contributed by atoms with Crippen molar-refractivity contribution in [3.63, 3.8) is 0 Å². The minimum absolute atomic E-state index is 0.0402. The molecule has 0 aliphatic rings. The van der Waals surface area contributed by atoms with Crippen molar-refractivity contribution in [2.75, 3.05) is 6.26 Å². The molecule has 0 atom stereocenters. The number of carbonyl (C=O) groups excluding carboxylic acids is 1. The summed E-state index contributed by atoms with van der Waals surface area (Å²) in [5.74, 6) is -0.279. The molecule has 94 valence electrons. The van der Waals surface area contributed by atoms with Crippen molar-refractivity contribution >= 4 is 17.5 Å². The lowest BCUT2D eigenvalue weighted by Gasteiger charge is -2.12. The molecule has 6 heteroatoms. The number of benzene rings is 1. The van der Waals surface area contributed by atoms with E-state index in [-0.39, 0.29) is 18.0 Å². The van der Waals surface area contributed by atoms with E-state index in [9.17, 15) is 18.0 Å². The lowest BCUT2D eigenvalue weighted by atomic mass is 10.1. The fraction of sp³-hybridized carbons (Fsp3) is 0.364. The average molecular weight is 264 g/mol. The molecule has 2 nitrogen and oxygen atoms in total. The molecule has 0 fully saturated rings. The number of halogens is 3. The van der Waals surface area contributed by atoms with Gasteiger partial charge in [-0.3, -0.25) is 4.79 Å². The van der Waals surface area contributed by atoms with Gasteiger partial charge < -0.3 is 4.74 Å². The maximum absolute atomic E-state index is 12.1. The van der Waals surface area contributed by atoms with E-state index >= 15 is 0 Å². The third-order valence-corrected chi connectivity index (χ3v) is 2.67. The Labute approximate surface area is 101 Å². The Bertz CT molecular complexity index is 416. The maximum Gasteiger partial charge on any atom is 0.573 e. The van der Waals surface area contributed by atoms with Crippen molar-refractivity contribution in [3.8, 4) is 5.75 Å². The minimum atomic E-state index is -4.70. The van der Waals surface area contributed by atoms with E-state index in [0.717, 1.165) is 11.8 Å². The Kier molecular flexibility index (Phi) is 4.45. The van der Waals surface area contributed by atoms with Gasteiger partial charge in [-0.05, 0) is 30.9 Å². The van der Waals surface area contributed by atoms with E-state index < -0.39 is 6.36 Å². The summed E-state index contributed by atoms with van der Waals surface area (Å²) in [7, 11) is 0. The van der Waals surface area contributed by atoms with E-state index in [0.29, 0.717) is 10.5 Å². The molecular formula is C11H11F3O2S. The average Bonchev–Trinajstić information content (AvgIpc) is 2.17. The second-order valence-electron chi connectivity index (χ2n) is 3.41. The van der Waals surface area contributed by atoms with Crippen molar-refractivity contribution in [2.24, 2.45) is 0 Å². The molecule has 17 heavy (non-hydrogen) atoms. The Morgan fingerprint density at radius 3 is 2.53 bits per heavy atom. The SMILES string of the molecule is CSc1cc(CC(C)=O)ccc1OC(F)(F)F. The summed E-state index contributed by atoms with van der Waals surface area (Å²) in [6.45, 7) is 1.43. The van der Waals surface area contributed by atoms with E-state index in [2.05, 4.69) is 4.74 Å². The van der Waals surface area contributed by atoms with Crippen molar-refractivity contribution in [1.29, 1.82) is 0 Å². The molecule has 1 aromatic rings. The molecule has 0 heterocycles. The van der Waals surface area contributed by atoms with Gasteiger partial charge in [0, 0.05) is 11.3 Å². The number of hydrogen-bond donors (Lipinski definition) is 0. The third-order valence-electron chi connectivity index (χ3n) is 1.91. The first kappa shape index (κ1) is 13.9. The number of carbonyl (C=O) groups is 1. The van der Waals surface area contributed by atoms with Gasteiger partial charge in [-0.2, -0.15) is 0 Å². The fourth-order valence-electron chi connectivity index (χ4n) is 1.32. The molecular weight excluding hydrogens is 253 g/mol. The van der Waals surface area contributed by atoms with Crippen LogP contribution in [0.15, 0.2) is 23.1 Å². The molecule has 1 aromatic carbocycles. The van der Waals surface area contributed by atoms with Gasteiger partial charge in [0.1, 0.15) is 11.5 Å². The van der Waals surface area contributed by atoms with Gasteiger partial charge in [-0.15, -0.1) is 24.9 Å². The molecule has 0 radical (unpaired) electrons. The predicted molar refractivity (Wildman–Crippen MR) is 59.3 cm³/mol. The summed E-state index contributed by atoms with van der Waals surface area (Å²) in [4.78, 5) is 11.3. The van der Waals surface area contributed by atoms with Crippen molar-refractivity contribution < 1.29 is 22.7 Å². The summed E-state index contributed by atoms with van der Waals surface area (Å²) < 4.78 is 40.1. The number of ketones is 1. The topological polar surface area (TPSA) is 26.3 Å². The molecule has 1 rings (SSSR count). The maximum atomic E-state index is 12.1. The summed E-state index contributed by atoms with van der Waals surface area (Å²) in [6.07, 6.45) is -2.84. The second kappa shape index (κ2) is 5.44. The Morgan fingerprint density at radius 1 is 1.41 bits per heavy atom. The van der Waals surface area contributed by atoms with Crippen LogP contribution < -0.4 is 4.74 Å². The second-order valence-corrected chi connectivity index (χ2v) is 4.26. The number of Topliss-reactive ketones (excluding diaryl/α,β-unsaturated/α-hetero) is 1. The van der Waals surface area contributed by atoms with E-state index in [1.807, 2.05) is 0 Å². The molecule has 0 saturated carbocycles. The molecule has 0 N–H and O–H groups in total. The molecule has 0 unspecified atom stereocenters. The van der Waals surface area contributed by atoms with Gasteiger partial charge in [-0.25, -0.2) is 0 Å². The first-order valence-electron chi connectivity index (χ1n) is 4.74. The number of hydrogen-bond acceptors (Lipinski definition) is 3. The quantitative estimate of drug-likeness (QED) is 0.779. The number of thioether (sulfide) groups is 1. The lowest BCUT2D eigenvalue weighted by molar-refractivity contribution is -0.275. The largest absolute Gasteiger partial charge is 0.573 e. The van der Waals surface area contributed by atoms with Crippen LogP contribution in [0.1, 0.15) is 12.5 Å². The molecule has 0 aliphatic heterocycles. The fourth-order valence-corrected chi connectivity index (χ4v) is 1.90. The van der Waals surface area contributed by atoms with Crippen LogP contribution in [0.2, 0.25) is 0 Å². The summed E-state index contributed by atoms with van der Waals surface area (Å²) >= 11 is 1.14. The highest BCUT2D eigenvalue weighted by Gasteiger charge is 2.32. The summed E-state index contributed by atoms with van der Waals surface area (Å²) in [5.41, 5.74) is 0.677. The van der Waals surface area contributed by atoms with Crippen molar-refractivity contribution in [2.45, 2.75) is 24.6 Å². The van der Waals surface area contributed by atoms with Crippen LogP contribution >= 0.6 is 11.8 Å². The van der Waals surface area contributed by atoms with Crippen LogP contribution in [-0.2, 0) is 11.2 Å². The zero-order valence-electron chi connectivity index (χ0n) is 9.30. The highest BCUT2D eigenvalue weighted by Crippen LogP contribution is 2.32. The van der Waals surface area contributed by atoms with Gasteiger partial charge in [-0.1, -0.05) is 6.07 Å². The van der Waals surface area contributed by atoms with Gasteiger partial charge in [0.15, 0.2) is 0 Å². The Hall–Kier alpha value is -1.17. The van der Waals surface area contributed by atoms with Crippen LogP contribution in [0.4, 0.5) is 13.2 Å². The van der Waals surface area contributed by atoms with Crippen LogP contribution in [0.3, 0.4) is 0 Å². The summed E-state index contributed by atoms with van der Waals surface area (Å²) in [5, 5.41) is 0. The monoisotopic (exact) mass is 264 g/mol. The van der Waals surface area contributed by atoms with E-state index in [1.54, 1.807) is 6.26 Å². The Balaban J connectivity index is 2.97. The molecule has 0 amide bonds. The molecule has 0 bridgehead atoms. The molecule has 0 saturated heterocycles. The highest BCUT2D eigenvalue weighted by atomic mass is 32.2. The number of ether oxygens (including phenoxy) is 1. The minimum Gasteiger partial charge on any atom is -0.405 e. The first-order valence-corrected chi connectivity index (χ1v) is 5.96. The Morgan fingerprint density at radius 2 is 2.06 bits per heavy atom. The van der Waals surface area contributed by atoms with E-state index in [1.165, 1.54) is 25.1 Å². The van der Waals surface area contributed by atoms with Crippen LogP contribution in [0, 0.1) is 0 Å². The van der Waals surface area contributed by atoms with Crippen molar-refractivity contribution in [1.82, 2.24) is 0 Å². The van der Waals surface area contributed by atoms with Crippen LogP contribution in [0.25, 0.3) is 0 Å². The standard InChI is InChI=1S/C11H11F3O2S/c1-7(15)5-8-3-4-9(10(6-8)17-2)16-11(12,13)14/h3-4,6H,5H2,1-2H3. The molecule has 0 spiro atoms. The van der Waals surface area contributed by atoms with Crippen LogP contribution in [0.5, 0.6) is 5.75 Å². The highest BCUT2D eigenvalue weighted by molar-refractivity contribution is 7.98. The first-order chi connectivity index (χ1) is 7.81. The third kappa shape index (κ3) is 4.68. The normalized spacial score (nSPS) is 11.4. The van der Waals surface area contributed by atoms with E-state index in [4.69, 9.17) is 0 Å². The lowest BCUT2D eigenvalue weighted by Crippen LogP contribution is -2.17. The zero-order chi connectivity index (χ0) is 13.1. The smallest absolute Gasteiger partial charge is 0.405 e. The molecule has 0 aliphatic carbocycles. The zero-order valence-corrected chi connectivity index (χ0v) is 10.1. The van der Waals surface area contributed by atoms with Crippen molar-refractivity contribution in [3.05, 3.63) is 23.8 Å². The summed E-state index contributed by atoms with van der Waals surface area (Å²) in [6, 6.07) is 4.23. The predicted octanol–water partition coefficient (Wildman–Crippen LogP) is 3.44. The van der Waals surface area contributed by atoms with Gasteiger partial charge >= 0.3 is 6.36 Å². The number of alkyl halides is 3. The number of rotatable bonds is 4.